The van der Waals surface area contributed by atoms with Crippen LogP contribution in [0.5, 0.6) is 5.75 Å². The van der Waals surface area contributed by atoms with E-state index in [1.807, 2.05) is 0 Å². The van der Waals surface area contributed by atoms with Gasteiger partial charge < -0.3 is 15.2 Å². The Bertz CT molecular complexity index is 299. The van der Waals surface area contributed by atoms with Gasteiger partial charge in [0.15, 0.2) is 0 Å². The van der Waals surface area contributed by atoms with Gasteiger partial charge in [-0.2, -0.15) is 0 Å². The van der Waals surface area contributed by atoms with E-state index in [0.29, 0.717) is 10.8 Å². The minimum Gasteiger partial charge on any atom is -0.490 e. The highest BCUT2D eigenvalue weighted by Gasteiger charge is 1.95. The van der Waals surface area contributed by atoms with Gasteiger partial charge in [0.25, 0.3) is 0 Å². The highest BCUT2D eigenvalue weighted by molar-refractivity contribution is 6.30. The van der Waals surface area contributed by atoms with Gasteiger partial charge in [0.05, 0.1) is 0 Å². The predicted molar refractivity (Wildman–Crippen MR) is 52.5 cm³/mol. The van der Waals surface area contributed by atoms with Crippen LogP contribution < -0.4 is 10.5 Å². The van der Waals surface area contributed by atoms with E-state index in [4.69, 9.17) is 22.1 Å². The fraction of sp³-hybridized carbons (Fsp3) is 0.222. The Balaban J connectivity index is 2.25. The van der Waals surface area contributed by atoms with E-state index in [-0.39, 0.29) is 13.2 Å². The van der Waals surface area contributed by atoms with Crippen LogP contribution in [0, 0.1) is 0 Å². The monoisotopic (exact) mass is 215 g/mol. The second kappa shape index (κ2) is 5.34. The molecule has 0 spiro atoms. The lowest BCUT2D eigenvalue weighted by Crippen LogP contribution is -2.17. The summed E-state index contributed by atoms with van der Waals surface area (Å²) in [7, 11) is 0. The highest BCUT2D eigenvalue weighted by Crippen LogP contribution is 2.15. The number of hydrogen-bond acceptors (Lipinski definition) is 3. The van der Waals surface area contributed by atoms with Crippen molar-refractivity contribution >= 4 is 17.7 Å². The summed E-state index contributed by atoms with van der Waals surface area (Å²) in [5, 5.41) is 0.644. The molecule has 14 heavy (non-hydrogen) atoms. The third-order valence-corrected chi connectivity index (χ3v) is 1.66. The molecule has 0 bridgehead atoms. The molecule has 1 rings (SSSR count). The molecule has 0 radical (unpaired) electrons. The maximum Gasteiger partial charge on any atom is 0.404 e. The molecule has 1 amide bonds. The molecule has 1 aromatic rings. The minimum atomic E-state index is -0.801. The molecule has 0 saturated heterocycles. The van der Waals surface area contributed by atoms with E-state index in [2.05, 4.69) is 4.74 Å². The number of halogens is 1. The van der Waals surface area contributed by atoms with Crippen molar-refractivity contribution in [2.45, 2.75) is 0 Å². The standard InChI is InChI=1S/C9H10ClNO3/c10-7-1-3-8(4-2-7)13-5-6-14-9(11)12/h1-4H,5-6H2,(H2,11,12). The largest absolute Gasteiger partial charge is 0.490 e. The Morgan fingerprint density at radius 1 is 1.29 bits per heavy atom. The maximum atomic E-state index is 10.2. The molecular formula is C9H10ClNO3. The quantitative estimate of drug-likeness (QED) is 0.780. The smallest absolute Gasteiger partial charge is 0.404 e. The molecule has 0 aliphatic rings. The fourth-order valence-corrected chi connectivity index (χ4v) is 0.959. The summed E-state index contributed by atoms with van der Waals surface area (Å²) >= 11 is 5.67. The van der Waals surface area contributed by atoms with E-state index >= 15 is 0 Å². The third kappa shape index (κ3) is 4.00. The van der Waals surface area contributed by atoms with Gasteiger partial charge in [-0.25, -0.2) is 4.79 Å². The highest BCUT2D eigenvalue weighted by atomic mass is 35.5. The van der Waals surface area contributed by atoms with Crippen LogP contribution in [0.25, 0.3) is 0 Å². The second-order valence-electron chi connectivity index (χ2n) is 2.47. The molecule has 0 aromatic heterocycles. The van der Waals surface area contributed by atoms with Crippen LogP contribution in [-0.4, -0.2) is 19.3 Å². The molecule has 0 saturated carbocycles. The van der Waals surface area contributed by atoms with Gasteiger partial charge in [-0.05, 0) is 24.3 Å². The third-order valence-electron chi connectivity index (χ3n) is 1.41. The zero-order valence-corrected chi connectivity index (χ0v) is 8.16. The minimum absolute atomic E-state index is 0.137. The van der Waals surface area contributed by atoms with E-state index in [1.165, 1.54) is 0 Å². The first-order valence-electron chi connectivity index (χ1n) is 3.99. The molecule has 0 heterocycles. The molecule has 76 valence electrons. The van der Waals surface area contributed by atoms with Gasteiger partial charge in [-0.3, -0.25) is 0 Å². The van der Waals surface area contributed by atoms with Crippen LogP contribution in [0.1, 0.15) is 0 Å². The number of benzene rings is 1. The average molecular weight is 216 g/mol. The number of rotatable bonds is 4. The van der Waals surface area contributed by atoms with Crippen molar-refractivity contribution in [3.8, 4) is 5.75 Å². The Labute approximate surface area is 86.6 Å². The zero-order chi connectivity index (χ0) is 10.4. The van der Waals surface area contributed by atoms with Crippen LogP contribution in [0.2, 0.25) is 5.02 Å². The summed E-state index contributed by atoms with van der Waals surface area (Å²) in [5.41, 5.74) is 4.76. The second-order valence-corrected chi connectivity index (χ2v) is 2.91. The molecule has 0 aliphatic heterocycles. The van der Waals surface area contributed by atoms with Crippen LogP contribution in [-0.2, 0) is 4.74 Å². The Kier molecular flexibility index (Phi) is 4.07. The van der Waals surface area contributed by atoms with Crippen molar-refractivity contribution in [2.24, 2.45) is 5.73 Å². The molecule has 0 fully saturated rings. The summed E-state index contributed by atoms with van der Waals surface area (Å²) in [4.78, 5) is 10.2. The summed E-state index contributed by atoms with van der Waals surface area (Å²) in [6.45, 7) is 0.405. The molecule has 2 N–H and O–H groups in total. The van der Waals surface area contributed by atoms with E-state index < -0.39 is 6.09 Å². The number of carbonyl (C=O) groups excluding carboxylic acids is 1. The van der Waals surface area contributed by atoms with Gasteiger partial charge in [-0.1, -0.05) is 11.6 Å². The molecular weight excluding hydrogens is 206 g/mol. The first kappa shape index (κ1) is 10.7. The van der Waals surface area contributed by atoms with Gasteiger partial charge in [0, 0.05) is 5.02 Å². The van der Waals surface area contributed by atoms with E-state index in [9.17, 15) is 4.79 Å². The van der Waals surface area contributed by atoms with Crippen LogP contribution >= 0.6 is 11.6 Å². The van der Waals surface area contributed by atoms with Crippen molar-refractivity contribution in [3.05, 3.63) is 29.3 Å². The normalized spacial score (nSPS) is 9.50. The van der Waals surface area contributed by atoms with Gasteiger partial charge >= 0.3 is 6.09 Å². The zero-order valence-electron chi connectivity index (χ0n) is 7.40. The summed E-state index contributed by atoms with van der Waals surface area (Å²) in [6, 6.07) is 6.89. The fourth-order valence-electron chi connectivity index (χ4n) is 0.833. The van der Waals surface area contributed by atoms with Crippen molar-refractivity contribution < 1.29 is 14.3 Å². The summed E-state index contributed by atoms with van der Waals surface area (Å²) in [5.74, 6) is 0.669. The molecule has 0 unspecified atom stereocenters. The Morgan fingerprint density at radius 2 is 1.93 bits per heavy atom. The molecule has 0 aliphatic carbocycles. The van der Waals surface area contributed by atoms with E-state index in [0.717, 1.165) is 0 Å². The Hall–Kier alpha value is -1.42. The topological polar surface area (TPSA) is 61.6 Å². The van der Waals surface area contributed by atoms with Gasteiger partial charge in [-0.15, -0.1) is 0 Å². The SMILES string of the molecule is NC(=O)OCCOc1ccc(Cl)cc1. The number of nitrogens with two attached hydrogens (primary N) is 1. The van der Waals surface area contributed by atoms with Crippen LogP contribution in [0.3, 0.4) is 0 Å². The lowest BCUT2D eigenvalue weighted by molar-refractivity contribution is 0.134. The first-order chi connectivity index (χ1) is 6.68. The number of ether oxygens (including phenoxy) is 2. The molecule has 1 aromatic carbocycles. The average Bonchev–Trinajstić information content (AvgIpc) is 2.15. The lowest BCUT2D eigenvalue weighted by atomic mass is 10.3. The van der Waals surface area contributed by atoms with E-state index in [1.54, 1.807) is 24.3 Å². The van der Waals surface area contributed by atoms with Crippen molar-refractivity contribution in [3.63, 3.8) is 0 Å². The lowest BCUT2D eigenvalue weighted by Gasteiger charge is -2.05. The molecule has 4 nitrogen and oxygen atoms in total. The van der Waals surface area contributed by atoms with Crippen LogP contribution in [0.15, 0.2) is 24.3 Å². The number of hydrogen-bond donors (Lipinski definition) is 1. The Morgan fingerprint density at radius 3 is 2.50 bits per heavy atom. The summed E-state index contributed by atoms with van der Waals surface area (Å²) < 4.78 is 9.70. The summed E-state index contributed by atoms with van der Waals surface area (Å²) in [6.07, 6.45) is -0.801. The number of carbonyl (C=O) groups is 1. The van der Waals surface area contributed by atoms with Gasteiger partial charge in [0.1, 0.15) is 19.0 Å². The van der Waals surface area contributed by atoms with Crippen molar-refractivity contribution in [1.82, 2.24) is 0 Å². The number of amides is 1. The molecule has 0 atom stereocenters. The molecule has 5 heteroatoms. The number of primary amides is 1. The predicted octanol–water partition coefficient (Wildman–Crippen LogP) is 1.81. The first-order valence-corrected chi connectivity index (χ1v) is 4.37. The van der Waals surface area contributed by atoms with Gasteiger partial charge in [0.2, 0.25) is 0 Å². The van der Waals surface area contributed by atoms with Crippen LogP contribution in [0.4, 0.5) is 4.79 Å². The van der Waals surface area contributed by atoms with Crippen molar-refractivity contribution in [1.29, 1.82) is 0 Å². The maximum absolute atomic E-state index is 10.2. The van der Waals surface area contributed by atoms with Crippen molar-refractivity contribution in [2.75, 3.05) is 13.2 Å².